The van der Waals surface area contributed by atoms with Gasteiger partial charge in [0.05, 0.1) is 25.7 Å². The van der Waals surface area contributed by atoms with E-state index in [2.05, 4.69) is 5.32 Å². The maximum absolute atomic E-state index is 12.5. The summed E-state index contributed by atoms with van der Waals surface area (Å²) < 4.78 is 10.4. The van der Waals surface area contributed by atoms with Crippen LogP contribution in [0.1, 0.15) is 42.5 Å². The van der Waals surface area contributed by atoms with Crippen molar-refractivity contribution in [2.75, 3.05) is 14.2 Å². The van der Waals surface area contributed by atoms with Crippen LogP contribution in [0.2, 0.25) is 0 Å². The first-order valence-electron chi connectivity index (χ1n) is 7.82. The number of ether oxygens (including phenoxy) is 2. The predicted molar refractivity (Wildman–Crippen MR) is 85.0 cm³/mol. The van der Waals surface area contributed by atoms with E-state index in [0.717, 1.165) is 19.3 Å². The highest BCUT2D eigenvalue weighted by atomic mass is 16.5. The summed E-state index contributed by atoms with van der Waals surface area (Å²) in [6.07, 6.45) is 4.09. The van der Waals surface area contributed by atoms with Gasteiger partial charge in [0.2, 0.25) is 0 Å². The number of carbonyl (C=O) groups is 2. The fourth-order valence-corrected chi connectivity index (χ4v) is 3.01. The lowest BCUT2D eigenvalue weighted by molar-refractivity contribution is -0.142. The Labute approximate surface area is 135 Å². The highest BCUT2D eigenvalue weighted by molar-refractivity contribution is 5.97. The van der Waals surface area contributed by atoms with E-state index in [9.17, 15) is 14.7 Å². The van der Waals surface area contributed by atoms with Crippen molar-refractivity contribution in [3.8, 4) is 11.5 Å². The standard InChI is InChI=1S/C17H23NO5/c1-22-11-8-9-13(15(10-11)23-2)16(19)18-14-7-5-3-4-6-12(14)17(20)21/h8-10,12,14H,3-7H2,1-2H3,(H,18,19)(H,20,21)/t12-,14+/m1/s1. The van der Waals surface area contributed by atoms with Crippen LogP contribution in [0.15, 0.2) is 18.2 Å². The minimum Gasteiger partial charge on any atom is -0.497 e. The Morgan fingerprint density at radius 3 is 2.52 bits per heavy atom. The summed E-state index contributed by atoms with van der Waals surface area (Å²) in [5, 5.41) is 12.3. The van der Waals surface area contributed by atoms with Gasteiger partial charge in [-0.3, -0.25) is 9.59 Å². The van der Waals surface area contributed by atoms with Crippen LogP contribution >= 0.6 is 0 Å². The molecule has 126 valence electrons. The van der Waals surface area contributed by atoms with E-state index in [-0.39, 0.29) is 11.9 Å². The number of carbonyl (C=O) groups excluding carboxylic acids is 1. The second kappa shape index (κ2) is 7.85. The lowest BCUT2D eigenvalue weighted by Gasteiger charge is -2.23. The van der Waals surface area contributed by atoms with Gasteiger partial charge in [-0.1, -0.05) is 19.3 Å². The molecule has 1 aliphatic rings. The van der Waals surface area contributed by atoms with Gasteiger partial charge in [-0.25, -0.2) is 0 Å². The van der Waals surface area contributed by atoms with Crippen molar-refractivity contribution in [3.05, 3.63) is 23.8 Å². The second-order valence-electron chi connectivity index (χ2n) is 5.73. The van der Waals surface area contributed by atoms with Crippen LogP contribution in [0.3, 0.4) is 0 Å². The molecular formula is C17H23NO5. The molecule has 1 aromatic rings. The van der Waals surface area contributed by atoms with E-state index in [0.29, 0.717) is 29.9 Å². The fraction of sp³-hybridized carbons (Fsp3) is 0.529. The summed E-state index contributed by atoms with van der Waals surface area (Å²) in [5.74, 6) is -0.703. The zero-order chi connectivity index (χ0) is 16.8. The Morgan fingerprint density at radius 1 is 1.13 bits per heavy atom. The zero-order valence-electron chi connectivity index (χ0n) is 13.5. The number of aliphatic carboxylic acids is 1. The SMILES string of the molecule is COc1ccc(C(=O)N[C@H]2CCCCC[C@H]2C(=O)O)c(OC)c1. The van der Waals surface area contributed by atoms with Crippen LogP contribution in [-0.4, -0.2) is 37.2 Å². The van der Waals surface area contributed by atoms with Crippen molar-refractivity contribution >= 4 is 11.9 Å². The van der Waals surface area contributed by atoms with E-state index in [1.54, 1.807) is 18.2 Å². The van der Waals surface area contributed by atoms with Gasteiger partial charge in [0, 0.05) is 12.1 Å². The van der Waals surface area contributed by atoms with E-state index in [4.69, 9.17) is 9.47 Å². The summed E-state index contributed by atoms with van der Waals surface area (Å²) in [4.78, 5) is 24.0. The molecule has 6 heteroatoms. The molecule has 1 aliphatic carbocycles. The Kier molecular flexibility index (Phi) is 5.84. The Hall–Kier alpha value is -2.24. The maximum atomic E-state index is 12.5. The fourth-order valence-electron chi connectivity index (χ4n) is 3.01. The summed E-state index contributed by atoms with van der Waals surface area (Å²) in [6, 6.07) is 4.59. The molecule has 1 aromatic carbocycles. The van der Waals surface area contributed by atoms with E-state index in [1.807, 2.05) is 0 Å². The van der Waals surface area contributed by atoms with Crippen LogP contribution < -0.4 is 14.8 Å². The molecule has 2 rings (SSSR count). The number of carboxylic acid groups (broad SMARTS) is 1. The van der Waals surface area contributed by atoms with Crippen molar-refractivity contribution in [1.82, 2.24) is 5.32 Å². The largest absolute Gasteiger partial charge is 0.497 e. The number of carboxylic acids is 1. The molecule has 1 amide bonds. The summed E-state index contributed by atoms with van der Waals surface area (Å²) in [7, 11) is 3.02. The second-order valence-corrected chi connectivity index (χ2v) is 5.73. The Morgan fingerprint density at radius 2 is 1.87 bits per heavy atom. The summed E-state index contributed by atoms with van der Waals surface area (Å²) in [5.41, 5.74) is 0.377. The lowest BCUT2D eigenvalue weighted by Crippen LogP contribution is -2.42. The monoisotopic (exact) mass is 321 g/mol. The van der Waals surface area contributed by atoms with Crippen LogP contribution in [0.5, 0.6) is 11.5 Å². The van der Waals surface area contributed by atoms with Gasteiger partial charge in [0.25, 0.3) is 5.91 Å². The number of methoxy groups -OCH3 is 2. The number of hydrogen-bond donors (Lipinski definition) is 2. The van der Waals surface area contributed by atoms with Crippen molar-refractivity contribution in [3.63, 3.8) is 0 Å². The molecule has 23 heavy (non-hydrogen) atoms. The van der Waals surface area contributed by atoms with Crippen LogP contribution in [0.25, 0.3) is 0 Å². The van der Waals surface area contributed by atoms with Gasteiger partial charge >= 0.3 is 5.97 Å². The van der Waals surface area contributed by atoms with Crippen LogP contribution in [0, 0.1) is 5.92 Å². The molecule has 1 fully saturated rings. The highest BCUT2D eigenvalue weighted by Crippen LogP contribution is 2.27. The molecule has 0 saturated heterocycles. The molecule has 2 atom stereocenters. The zero-order valence-corrected chi connectivity index (χ0v) is 13.5. The van der Waals surface area contributed by atoms with Crippen molar-refractivity contribution in [2.24, 2.45) is 5.92 Å². The van der Waals surface area contributed by atoms with Gasteiger partial charge < -0.3 is 19.9 Å². The van der Waals surface area contributed by atoms with E-state index in [1.165, 1.54) is 14.2 Å². The first-order chi connectivity index (χ1) is 11.1. The summed E-state index contributed by atoms with van der Waals surface area (Å²) >= 11 is 0. The smallest absolute Gasteiger partial charge is 0.308 e. The first kappa shape index (κ1) is 17.1. The van der Waals surface area contributed by atoms with Crippen molar-refractivity contribution in [1.29, 1.82) is 0 Å². The highest BCUT2D eigenvalue weighted by Gasteiger charge is 2.31. The maximum Gasteiger partial charge on any atom is 0.308 e. The average Bonchev–Trinajstić information content (AvgIpc) is 2.79. The number of rotatable bonds is 5. The molecule has 0 spiro atoms. The van der Waals surface area contributed by atoms with E-state index >= 15 is 0 Å². The predicted octanol–water partition coefficient (Wildman–Crippen LogP) is 2.47. The third kappa shape index (κ3) is 4.15. The quantitative estimate of drug-likeness (QED) is 0.814. The molecule has 0 bridgehead atoms. The molecule has 6 nitrogen and oxygen atoms in total. The molecule has 0 aliphatic heterocycles. The van der Waals surface area contributed by atoms with Gasteiger partial charge in [0.15, 0.2) is 0 Å². The third-order valence-electron chi connectivity index (χ3n) is 4.30. The van der Waals surface area contributed by atoms with Gasteiger partial charge in [0.1, 0.15) is 11.5 Å². The Balaban J connectivity index is 2.18. The molecular weight excluding hydrogens is 298 g/mol. The molecule has 0 heterocycles. The van der Waals surface area contributed by atoms with Crippen LogP contribution in [0.4, 0.5) is 0 Å². The van der Waals surface area contributed by atoms with Gasteiger partial charge in [-0.15, -0.1) is 0 Å². The minimum absolute atomic E-state index is 0.317. The number of hydrogen-bond acceptors (Lipinski definition) is 4. The third-order valence-corrected chi connectivity index (χ3v) is 4.30. The molecule has 2 N–H and O–H groups in total. The van der Waals surface area contributed by atoms with Gasteiger partial charge in [-0.05, 0) is 25.0 Å². The van der Waals surface area contributed by atoms with Crippen LogP contribution in [-0.2, 0) is 4.79 Å². The first-order valence-corrected chi connectivity index (χ1v) is 7.82. The van der Waals surface area contributed by atoms with Crippen molar-refractivity contribution in [2.45, 2.75) is 38.1 Å². The number of benzene rings is 1. The number of amides is 1. The van der Waals surface area contributed by atoms with E-state index < -0.39 is 11.9 Å². The van der Waals surface area contributed by atoms with Crippen molar-refractivity contribution < 1.29 is 24.2 Å². The average molecular weight is 321 g/mol. The summed E-state index contributed by atoms with van der Waals surface area (Å²) in [6.45, 7) is 0. The normalized spacial score (nSPS) is 21.1. The molecule has 0 aromatic heterocycles. The minimum atomic E-state index is -0.848. The van der Waals surface area contributed by atoms with Gasteiger partial charge in [-0.2, -0.15) is 0 Å². The molecule has 0 radical (unpaired) electrons. The Bertz CT molecular complexity index is 572. The number of nitrogens with one attached hydrogen (secondary N) is 1. The molecule has 1 saturated carbocycles. The lowest BCUT2D eigenvalue weighted by atomic mass is 9.94. The molecule has 0 unspecified atom stereocenters. The topological polar surface area (TPSA) is 84.9 Å².